The summed E-state index contributed by atoms with van der Waals surface area (Å²) in [6.07, 6.45) is -4.54. The van der Waals surface area contributed by atoms with Gasteiger partial charge in [-0.25, -0.2) is 0 Å². The molecule has 1 saturated heterocycles. The minimum absolute atomic E-state index is 0.0835. The van der Waals surface area contributed by atoms with Crippen molar-refractivity contribution in [2.45, 2.75) is 64.8 Å². The molecule has 2 N–H and O–H groups in total. The molecule has 0 saturated carbocycles. The van der Waals surface area contributed by atoms with Crippen LogP contribution < -0.4 is 10.6 Å². The summed E-state index contributed by atoms with van der Waals surface area (Å²) in [7, 11) is 0. The first-order valence-corrected chi connectivity index (χ1v) is 11.4. The Balaban J connectivity index is 2.18. The predicted molar refractivity (Wildman–Crippen MR) is 122 cm³/mol. The molecule has 0 aliphatic carbocycles. The summed E-state index contributed by atoms with van der Waals surface area (Å²) in [5.41, 5.74) is -0.127. The third kappa shape index (κ3) is 6.79. The van der Waals surface area contributed by atoms with Crippen LogP contribution in [0.1, 0.15) is 50.9 Å². The molecule has 0 bridgehead atoms. The average molecular weight is 515 g/mol. The van der Waals surface area contributed by atoms with Gasteiger partial charge in [0.15, 0.2) is 0 Å². The quantitative estimate of drug-likeness (QED) is 0.384. The first-order chi connectivity index (χ1) is 16.6. The minimum atomic E-state index is -5.13. The highest BCUT2D eigenvalue weighted by Gasteiger charge is 2.46. The molecular formula is C23H29F3N4O6. The molecule has 0 spiro atoms. The van der Waals surface area contributed by atoms with Gasteiger partial charge in [-0.15, -0.1) is 0 Å². The summed E-state index contributed by atoms with van der Waals surface area (Å²) in [5, 5.41) is 15.5. The lowest BCUT2D eigenvalue weighted by atomic mass is 9.98. The summed E-state index contributed by atoms with van der Waals surface area (Å²) in [4.78, 5) is 62.0. The number of nitrogens with zero attached hydrogens (tertiary/aromatic N) is 2. The van der Waals surface area contributed by atoms with Crippen molar-refractivity contribution in [1.29, 1.82) is 0 Å². The van der Waals surface area contributed by atoms with Gasteiger partial charge in [-0.3, -0.25) is 29.3 Å². The summed E-state index contributed by atoms with van der Waals surface area (Å²) in [6, 6.07) is 0.815. The van der Waals surface area contributed by atoms with Crippen molar-refractivity contribution in [2.75, 3.05) is 6.54 Å². The second kappa shape index (κ2) is 11.5. The number of likely N-dealkylation sites (tertiary alicyclic amines) is 1. The molecule has 1 heterocycles. The Kier molecular flexibility index (Phi) is 9.16. The number of halogens is 3. The molecule has 198 valence electrons. The molecule has 1 aliphatic rings. The van der Waals surface area contributed by atoms with Gasteiger partial charge in [0, 0.05) is 24.2 Å². The standard InChI is InChI=1S/C23H29F3N4O6/c1-12(2)17(19(31)23(24,25)26)27-21(33)16-6-5-11-29(16)22(34)18(13(3)4)28-20(32)14-7-9-15(10-8-14)30(35)36/h7-10,12-13,16-18H,5-6,11H2,1-4H3,(H,27,33)(H,28,32)/t16?,17?,18-/m0/s1. The third-order valence-electron chi connectivity index (χ3n) is 5.92. The Hall–Kier alpha value is -3.51. The van der Waals surface area contributed by atoms with E-state index in [4.69, 9.17) is 0 Å². The summed E-state index contributed by atoms with van der Waals surface area (Å²) >= 11 is 0. The number of carbonyl (C=O) groups is 4. The van der Waals surface area contributed by atoms with Crippen molar-refractivity contribution in [3.05, 3.63) is 39.9 Å². The lowest BCUT2D eigenvalue weighted by Crippen LogP contribution is -2.58. The van der Waals surface area contributed by atoms with Crippen molar-refractivity contribution in [2.24, 2.45) is 11.8 Å². The molecule has 10 nitrogen and oxygen atoms in total. The van der Waals surface area contributed by atoms with Crippen LogP contribution in [0.3, 0.4) is 0 Å². The molecule has 0 aromatic heterocycles. The number of nitrogens with one attached hydrogen (secondary N) is 2. The highest BCUT2D eigenvalue weighted by atomic mass is 19.4. The molecule has 3 atom stereocenters. The number of nitro benzene ring substituents is 1. The largest absolute Gasteiger partial charge is 0.452 e. The predicted octanol–water partition coefficient (Wildman–Crippen LogP) is 2.61. The van der Waals surface area contributed by atoms with Gasteiger partial charge in [-0.2, -0.15) is 13.2 Å². The fourth-order valence-electron chi connectivity index (χ4n) is 3.92. The molecule has 0 radical (unpaired) electrons. The van der Waals surface area contributed by atoms with Crippen molar-refractivity contribution in [1.82, 2.24) is 15.5 Å². The van der Waals surface area contributed by atoms with E-state index < -0.39 is 64.6 Å². The summed E-state index contributed by atoms with van der Waals surface area (Å²) in [6.45, 7) is 6.22. The van der Waals surface area contributed by atoms with Gasteiger partial charge >= 0.3 is 6.18 Å². The molecule has 2 unspecified atom stereocenters. The zero-order chi connectivity index (χ0) is 27.4. The molecule has 36 heavy (non-hydrogen) atoms. The monoisotopic (exact) mass is 514 g/mol. The minimum Gasteiger partial charge on any atom is -0.344 e. The zero-order valence-corrected chi connectivity index (χ0v) is 20.3. The number of hydrogen-bond acceptors (Lipinski definition) is 6. The topological polar surface area (TPSA) is 139 Å². The smallest absolute Gasteiger partial charge is 0.344 e. The molecule has 1 aromatic carbocycles. The van der Waals surface area contributed by atoms with E-state index in [2.05, 4.69) is 10.6 Å². The van der Waals surface area contributed by atoms with Gasteiger partial charge in [-0.05, 0) is 36.8 Å². The van der Waals surface area contributed by atoms with Crippen LogP contribution in [0, 0.1) is 22.0 Å². The van der Waals surface area contributed by atoms with Gasteiger partial charge in [0.1, 0.15) is 12.1 Å². The maximum Gasteiger partial charge on any atom is 0.452 e. The van der Waals surface area contributed by atoms with E-state index in [1.807, 2.05) is 0 Å². The number of hydrogen-bond donors (Lipinski definition) is 2. The van der Waals surface area contributed by atoms with E-state index in [1.165, 1.54) is 30.9 Å². The summed E-state index contributed by atoms with van der Waals surface area (Å²) in [5.74, 6) is -5.45. The first kappa shape index (κ1) is 28.7. The molecular weight excluding hydrogens is 485 g/mol. The van der Waals surface area contributed by atoms with Crippen molar-refractivity contribution < 1.29 is 37.3 Å². The third-order valence-corrected chi connectivity index (χ3v) is 5.92. The number of benzene rings is 1. The van der Waals surface area contributed by atoms with Crippen molar-refractivity contribution in [3.63, 3.8) is 0 Å². The number of ketones is 1. The van der Waals surface area contributed by atoms with Gasteiger partial charge in [0.05, 0.1) is 11.0 Å². The highest BCUT2D eigenvalue weighted by molar-refractivity contribution is 5.99. The average Bonchev–Trinajstić information content (AvgIpc) is 3.29. The van der Waals surface area contributed by atoms with E-state index in [0.717, 1.165) is 12.1 Å². The molecule has 1 aromatic rings. The van der Waals surface area contributed by atoms with Crippen molar-refractivity contribution >= 4 is 29.2 Å². The Morgan fingerprint density at radius 3 is 2.03 bits per heavy atom. The van der Waals surface area contributed by atoms with E-state index in [1.54, 1.807) is 13.8 Å². The lowest BCUT2D eigenvalue weighted by Gasteiger charge is -2.32. The number of non-ortho nitro benzene ring substituents is 1. The molecule has 2 rings (SSSR count). The van der Waals surface area contributed by atoms with Gasteiger partial charge in [0.2, 0.25) is 11.8 Å². The second-order valence-corrected chi connectivity index (χ2v) is 9.28. The van der Waals surface area contributed by atoms with E-state index in [-0.39, 0.29) is 24.2 Å². The molecule has 13 heteroatoms. The lowest BCUT2D eigenvalue weighted by molar-refractivity contribution is -0.384. The fraction of sp³-hybridized carbons (Fsp3) is 0.565. The molecule has 3 amide bonds. The number of rotatable bonds is 9. The van der Waals surface area contributed by atoms with Crippen LogP contribution in [-0.2, 0) is 14.4 Å². The second-order valence-electron chi connectivity index (χ2n) is 9.28. The Bertz CT molecular complexity index is 1010. The van der Waals surface area contributed by atoms with Crippen molar-refractivity contribution in [3.8, 4) is 0 Å². The van der Waals surface area contributed by atoms with Crippen LogP contribution in [-0.4, -0.2) is 64.2 Å². The van der Waals surface area contributed by atoms with Gasteiger partial charge in [0.25, 0.3) is 17.4 Å². The fourth-order valence-corrected chi connectivity index (χ4v) is 3.92. The number of nitro groups is 1. The normalized spacial score (nSPS) is 17.6. The van der Waals surface area contributed by atoms with E-state index in [0.29, 0.717) is 6.42 Å². The number of alkyl halides is 3. The van der Waals surface area contributed by atoms with Crippen LogP contribution in [0.15, 0.2) is 24.3 Å². The van der Waals surface area contributed by atoms with Crippen LogP contribution in [0.2, 0.25) is 0 Å². The molecule has 1 aliphatic heterocycles. The Labute approximate surface area is 205 Å². The number of Topliss-reactive ketones (excluding diaryl/α,β-unsaturated/α-hetero) is 1. The summed E-state index contributed by atoms with van der Waals surface area (Å²) < 4.78 is 38.9. The first-order valence-electron chi connectivity index (χ1n) is 11.4. The van der Waals surface area contributed by atoms with Crippen LogP contribution in [0.5, 0.6) is 0 Å². The van der Waals surface area contributed by atoms with Crippen LogP contribution in [0.4, 0.5) is 18.9 Å². The van der Waals surface area contributed by atoms with Crippen LogP contribution >= 0.6 is 0 Å². The Morgan fingerprint density at radius 1 is 1.00 bits per heavy atom. The highest BCUT2D eigenvalue weighted by Crippen LogP contribution is 2.24. The Morgan fingerprint density at radius 2 is 1.56 bits per heavy atom. The van der Waals surface area contributed by atoms with E-state index >= 15 is 0 Å². The van der Waals surface area contributed by atoms with Gasteiger partial charge < -0.3 is 15.5 Å². The number of carbonyl (C=O) groups excluding carboxylic acids is 4. The van der Waals surface area contributed by atoms with Crippen LogP contribution in [0.25, 0.3) is 0 Å². The number of amides is 3. The maximum atomic E-state index is 13.3. The van der Waals surface area contributed by atoms with E-state index in [9.17, 15) is 42.5 Å². The molecule has 1 fully saturated rings. The van der Waals surface area contributed by atoms with Gasteiger partial charge in [-0.1, -0.05) is 27.7 Å². The SMILES string of the molecule is CC(C)C(NC(=O)C1CCCN1C(=O)[C@@H](NC(=O)c1ccc([N+](=O)[O-])cc1)C(C)C)C(=O)C(F)(F)F. The zero-order valence-electron chi connectivity index (χ0n) is 20.3. The maximum absolute atomic E-state index is 13.3.